The number of unbranched alkanes of at least 4 members (excludes halogenated alkanes) is 22. The first-order valence-electron chi connectivity index (χ1n) is 45.8. The van der Waals surface area contributed by atoms with E-state index in [1.807, 2.05) is 83.4 Å². The van der Waals surface area contributed by atoms with Gasteiger partial charge < -0.3 is 9.47 Å². The zero-order chi connectivity index (χ0) is 84.7. The second kappa shape index (κ2) is 40.4. The maximum atomic E-state index is 15.1. The van der Waals surface area contributed by atoms with Crippen molar-refractivity contribution in [2.24, 2.45) is 0 Å². The van der Waals surface area contributed by atoms with Crippen LogP contribution in [0, 0.1) is 35.8 Å². The normalized spacial score (nSPS) is 15.3. The summed E-state index contributed by atoms with van der Waals surface area (Å²) < 4.78 is 18.2. The molecular weight excluding hydrogens is 1570 g/mol. The summed E-state index contributed by atoms with van der Waals surface area (Å²) in [6.45, 7) is 31.4. The van der Waals surface area contributed by atoms with Crippen molar-refractivity contribution in [1.29, 1.82) is 10.5 Å². The lowest BCUT2D eigenvalue weighted by Gasteiger charge is -2.35. The molecule has 8 nitrogen and oxygen atoms in total. The average molecular weight is 1680 g/mol. The Bertz CT molecular complexity index is 5450. The fourth-order valence-corrected chi connectivity index (χ4v) is 24.9. The number of Topliss-reactive ketones (excluding diaryl/α,β-unsaturated/α-hetero) is 2. The van der Waals surface area contributed by atoms with E-state index in [4.69, 9.17) is 22.6 Å². The third-order valence-electron chi connectivity index (χ3n) is 25.9. The van der Waals surface area contributed by atoms with Crippen LogP contribution in [0.15, 0.2) is 180 Å². The number of fused-ring (bicyclic) bond motifs is 12. The Labute approximate surface area is 740 Å². The summed E-state index contributed by atoms with van der Waals surface area (Å²) in [5.41, 5.74) is 15.7. The van der Waals surface area contributed by atoms with Crippen LogP contribution >= 0.6 is 45.3 Å². The van der Waals surface area contributed by atoms with Gasteiger partial charge in [-0.25, -0.2) is 20.2 Å². The molecule has 15 rings (SSSR count). The second-order valence-electron chi connectivity index (χ2n) is 34.0. The van der Waals surface area contributed by atoms with Crippen LogP contribution in [0.25, 0.3) is 72.7 Å². The Kier molecular flexibility index (Phi) is 28.7. The molecule has 622 valence electrons. The largest absolute Gasteiger partial charge is 0.491 e. The minimum absolute atomic E-state index is 0.106. The number of carbonyl (C=O) groups excluding carboxylic acids is 2. The van der Waals surface area contributed by atoms with Crippen LogP contribution in [0.3, 0.4) is 0 Å². The number of aryl methyl sites for hydroxylation is 4. The van der Waals surface area contributed by atoms with Crippen LogP contribution in [0.2, 0.25) is 0 Å². The van der Waals surface area contributed by atoms with Crippen LogP contribution < -0.4 is 9.47 Å². The molecule has 0 radical (unpaired) electrons. The highest BCUT2D eigenvalue weighted by Crippen LogP contribution is 2.71. The number of rotatable bonds is 42. The van der Waals surface area contributed by atoms with Crippen molar-refractivity contribution in [3.63, 3.8) is 0 Å². The molecule has 0 saturated heterocycles. The number of nitrogens with zero attached hydrogens (tertiary/aromatic N) is 4. The number of nitriles is 2. The maximum absolute atomic E-state index is 15.1. The summed E-state index contributed by atoms with van der Waals surface area (Å²) in [4.78, 5) is 44.0. The van der Waals surface area contributed by atoms with E-state index in [2.05, 4.69) is 173 Å². The van der Waals surface area contributed by atoms with Gasteiger partial charge in [-0.15, -0.1) is 45.3 Å². The molecule has 12 heteroatoms. The lowest BCUT2D eigenvalue weighted by molar-refractivity contribution is 0.103. The minimum Gasteiger partial charge on any atom is -0.491 e. The van der Waals surface area contributed by atoms with Gasteiger partial charge in [0, 0.05) is 65.1 Å². The molecular formula is C110H114N4O4S4. The van der Waals surface area contributed by atoms with Gasteiger partial charge in [0.15, 0.2) is 11.6 Å². The fraction of sp³-hybridized carbons (Fsp3) is 0.382. The van der Waals surface area contributed by atoms with Crippen molar-refractivity contribution in [2.45, 2.75) is 258 Å². The third kappa shape index (κ3) is 16.8. The number of ketones is 2. The van der Waals surface area contributed by atoms with Crippen molar-refractivity contribution >= 4 is 100 Å². The Morgan fingerprint density at radius 1 is 0.369 bits per heavy atom. The number of ether oxygens (including phenoxy) is 2. The van der Waals surface area contributed by atoms with Crippen LogP contribution in [-0.4, -0.2) is 24.8 Å². The molecule has 11 aromatic rings. The monoisotopic (exact) mass is 1680 g/mol. The molecule has 0 bridgehead atoms. The maximum Gasteiger partial charge on any atom is 0.270 e. The van der Waals surface area contributed by atoms with Crippen LogP contribution in [0.4, 0.5) is 0 Å². The van der Waals surface area contributed by atoms with Crippen molar-refractivity contribution < 1.29 is 19.1 Å². The molecule has 0 atom stereocenters. The van der Waals surface area contributed by atoms with E-state index in [1.165, 1.54) is 99.3 Å². The third-order valence-corrected chi connectivity index (χ3v) is 30.7. The molecule has 0 N–H and O–H groups in total. The van der Waals surface area contributed by atoms with Gasteiger partial charge in [-0.1, -0.05) is 328 Å². The van der Waals surface area contributed by atoms with Gasteiger partial charge in [0.05, 0.1) is 78.2 Å². The van der Waals surface area contributed by atoms with Gasteiger partial charge in [0.1, 0.15) is 11.5 Å². The highest BCUT2D eigenvalue weighted by atomic mass is 32.1. The van der Waals surface area contributed by atoms with E-state index in [0.717, 1.165) is 234 Å². The van der Waals surface area contributed by atoms with Crippen molar-refractivity contribution in [1.82, 2.24) is 0 Å². The molecule has 4 aliphatic rings. The molecule has 0 amide bonds. The Balaban J connectivity index is 1.08. The van der Waals surface area contributed by atoms with E-state index in [0.29, 0.717) is 57.8 Å². The van der Waals surface area contributed by atoms with Gasteiger partial charge in [0.2, 0.25) is 0 Å². The Morgan fingerprint density at radius 3 is 0.951 bits per heavy atom. The molecule has 0 aliphatic heterocycles. The summed E-state index contributed by atoms with van der Waals surface area (Å²) in [5, 5.41) is 23.6. The van der Waals surface area contributed by atoms with Crippen LogP contribution in [-0.2, 0) is 36.5 Å². The van der Waals surface area contributed by atoms with Gasteiger partial charge in [0.25, 0.3) is 11.4 Å². The molecule has 4 heterocycles. The first-order chi connectivity index (χ1) is 60.0. The molecule has 0 spiro atoms. The standard InChI is InChI=1S/C110H114N4O4S4/c1-9-15-21-27-29-39-65-117-101-95-97-107(103-89(69-81(119-103)67-87-93(91(71-111)113-7)83-45-35-37-47-85(83)99(87)115)109(97,77-57-49-73(50-58-77)41-31-23-17-11-3)78-59-51-74(52-60-78)42-32-24-18-12-4)122-106(95)102(118-66-40-30-28-22-16-10-2)96-98-108(121-105(96)101)104-90(70-82(120-104)68-88-94(92(72-112)114-8)84-46-36-38-48-86(84)100(88)116)110(98,79-61-53-75(54-62-79)43-33-25-19-13-5)80-63-55-76(56-64-80)44-34-26-20-14-6/h35-38,45-64,67-70H,9-34,39-44,65-66H2,1-6H3/b87-67-,88-68-,93-91+,94-92?. The number of benzene rings is 7. The van der Waals surface area contributed by atoms with Gasteiger partial charge >= 0.3 is 0 Å². The SMILES string of the molecule is [C-]#[N+]C(C#N)=C1/C(=C/c2cc3c(s2)-c2sc4c(OCCCCCCCC)c5c6c(sc5c(OCCCCCCCC)c4c2C3(c2ccc(CCCCCC)cc2)c2ccc(CCCCCC)cc2)-c2sc(/C=C3\C(=O)c4ccccc4\C3=C(\C#N)[N+]#[C-])cc2C6(c2ccc(CCCCCC)cc2)c2ccc(CCCCCC)cc2)C(=O)c2ccccc21. The van der Waals surface area contributed by atoms with Crippen molar-refractivity contribution in [2.75, 3.05) is 13.2 Å². The highest BCUT2D eigenvalue weighted by molar-refractivity contribution is 7.29. The molecule has 7 aromatic carbocycles. The smallest absolute Gasteiger partial charge is 0.270 e. The van der Waals surface area contributed by atoms with E-state index in [9.17, 15) is 10.5 Å². The predicted molar refractivity (Wildman–Crippen MR) is 512 cm³/mol. The zero-order valence-corrected chi connectivity index (χ0v) is 75.5. The molecule has 4 aliphatic carbocycles. The van der Waals surface area contributed by atoms with Gasteiger partial charge in [-0.2, -0.15) is 0 Å². The number of thiophene rings is 4. The second-order valence-corrected chi connectivity index (χ2v) is 38.2. The molecule has 0 unspecified atom stereocenters. The number of carbonyl (C=O) groups is 2. The Hall–Kier alpha value is -10.3. The topological polar surface area (TPSA) is 109 Å². The summed E-state index contributed by atoms with van der Waals surface area (Å²) in [6, 6.07) is 62.2. The van der Waals surface area contributed by atoms with Crippen molar-refractivity contribution in [3.05, 3.63) is 302 Å². The zero-order valence-electron chi connectivity index (χ0n) is 72.3. The summed E-state index contributed by atoms with van der Waals surface area (Å²) in [6.07, 6.45) is 39.4. The number of allylic oxidation sites excluding steroid dienone is 6. The fourth-order valence-electron chi connectivity index (χ4n) is 19.6. The predicted octanol–water partition coefficient (Wildman–Crippen LogP) is 31.8. The van der Waals surface area contributed by atoms with E-state index < -0.39 is 10.8 Å². The summed E-state index contributed by atoms with van der Waals surface area (Å²) in [5.74, 6) is 1.31. The molecule has 0 fully saturated rings. The van der Waals surface area contributed by atoms with E-state index >= 15 is 9.59 Å². The molecule has 122 heavy (non-hydrogen) atoms. The lowest BCUT2D eigenvalue weighted by atomic mass is 9.66. The molecule has 4 aromatic heterocycles. The molecule has 0 saturated carbocycles. The highest BCUT2D eigenvalue weighted by Gasteiger charge is 2.55. The van der Waals surface area contributed by atoms with E-state index in [-0.39, 0.29) is 23.0 Å². The first kappa shape index (κ1) is 86.7. The average Bonchev–Trinajstić information content (AvgIpc) is 1.48. The number of hydrogen-bond acceptors (Lipinski definition) is 10. The quantitative estimate of drug-likeness (QED) is 0.0163. The van der Waals surface area contributed by atoms with E-state index in [1.54, 1.807) is 22.7 Å². The lowest BCUT2D eigenvalue weighted by Crippen LogP contribution is -2.29. The van der Waals surface area contributed by atoms with Gasteiger partial charge in [-0.05, 0) is 155 Å². The van der Waals surface area contributed by atoms with Crippen LogP contribution in [0.5, 0.6) is 11.5 Å². The Morgan fingerprint density at radius 2 is 0.656 bits per heavy atom. The summed E-state index contributed by atoms with van der Waals surface area (Å²) >= 11 is 7.01. The van der Waals surface area contributed by atoms with Crippen LogP contribution in [0.1, 0.15) is 330 Å². The summed E-state index contributed by atoms with van der Waals surface area (Å²) in [7, 11) is 0. The number of hydrogen-bond donors (Lipinski definition) is 0. The first-order valence-corrected chi connectivity index (χ1v) is 49.0. The van der Waals surface area contributed by atoms with Gasteiger partial charge in [-0.3, -0.25) is 9.59 Å². The minimum atomic E-state index is -0.983. The van der Waals surface area contributed by atoms with Crippen molar-refractivity contribution in [3.8, 4) is 43.1 Å².